The minimum absolute atomic E-state index is 0.124. The first kappa shape index (κ1) is 16.5. The molecule has 0 spiro atoms. The predicted molar refractivity (Wildman–Crippen MR) is 87.5 cm³/mol. The molecular formula is C13H11BrClNO3S2. The number of rotatable bonds is 5. The van der Waals surface area contributed by atoms with Crippen molar-refractivity contribution in [2.24, 2.45) is 0 Å². The van der Waals surface area contributed by atoms with Crippen molar-refractivity contribution in [3.63, 3.8) is 0 Å². The van der Waals surface area contributed by atoms with Gasteiger partial charge in [-0.15, -0.1) is 11.3 Å². The fraction of sp³-hybridized carbons (Fsp3) is 0.154. The van der Waals surface area contributed by atoms with Gasteiger partial charge < -0.3 is 5.32 Å². The maximum atomic E-state index is 11.9. The summed E-state index contributed by atoms with van der Waals surface area (Å²) in [5.74, 6) is -0.163. The van der Waals surface area contributed by atoms with E-state index < -0.39 is 9.05 Å². The third-order valence-electron chi connectivity index (χ3n) is 2.64. The van der Waals surface area contributed by atoms with Crippen molar-refractivity contribution < 1.29 is 13.2 Å². The fourth-order valence-corrected chi connectivity index (χ4v) is 4.01. The van der Waals surface area contributed by atoms with Crippen LogP contribution in [0.25, 0.3) is 0 Å². The zero-order chi connectivity index (χ0) is 15.5. The third-order valence-corrected chi connectivity index (χ3v) is 6.41. The summed E-state index contributed by atoms with van der Waals surface area (Å²) in [6.07, 6.45) is 0.555. The van der Waals surface area contributed by atoms with Crippen LogP contribution in [-0.2, 0) is 15.5 Å². The number of hydrogen-bond acceptors (Lipinski definition) is 4. The molecule has 0 unspecified atom stereocenters. The standard InChI is InChI=1S/C13H11BrClNO3S2/c14-10-3-1-9(2-4-10)13(17)16-8-7-11-5-6-12(20-11)21(15,18)19/h1-6H,7-8H2,(H,16,17). The summed E-state index contributed by atoms with van der Waals surface area (Å²) in [7, 11) is 1.59. The summed E-state index contributed by atoms with van der Waals surface area (Å²) in [6.45, 7) is 0.428. The van der Waals surface area contributed by atoms with E-state index >= 15 is 0 Å². The number of carbonyl (C=O) groups is 1. The van der Waals surface area contributed by atoms with E-state index in [1.165, 1.54) is 6.07 Å². The first-order chi connectivity index (χ1) is 9.86. The van der Waals surface area contributed by atoms with E-state index in [0.29, 0.717) is 18.5 Å². The molecule has 0 aliphatic heterocycles. The largest absolute Gasteiger partial charge is 0.352 e. The number of thiophene rings is 1. The van der Waals surface area contributed by atoms with Crippen molar-refractivity contribution >= 4 is 52.9 Å². The van der Waals surface area contributed by atoms with Gasteiger partial charge in [-0.2, -0.15) is 0 Å². The van der Waals surface area contributed by atoms with Gasteiger partial charge in [0.25, 0.3) is 15.0 Å². The summed E-state index contributed by atoms with van der Waals surface area (Å²) in [6, 6.07) is 10.2. The molecule has 8 heteroatoms. The quantitative estimate of drug-likeness (QED) is 0.771. The Hall–Kier alpha value is -0.890. The normalized spacial score (nSPS) is 11.3. The molecule has 0 bridgehead atoms. The molecule has 0 saturated heterocycles. The van der Waals surface area contributed by atoms with Gasteiger partial charge in [0.1, 0.15) is 4.21 Å². The summed E-state index contributed by atoms with van der Waals surface area (Å²) in [5.41, 5.74) is 0.577. The van der Waals surface area contributed by atoms with Crippen molar-refractivity contribution in [2.45, 2.75) is 10.6 Å². The second kappa shape index (κ2) is 6.91. The Morgan fingerprint density at radius 1 is 1.19 bits per heavy atom. The summed E-state index contributed by atoms with van der Waals surface area (Å²) < 4.78 is 23.3. The molecule has 2 aromatic rings. The smallest absolute Gasteiger partial charge is 0.270 e. The molecule has 0 atom stereocenters. The van der Waals surface area contributed by atoms with Gasteiger partial charge in [0, 0.05) is 32.1 Å². The van der Waals surface area contributed by atoms with Crippen LogP contribution in [0.2, 0.25) is 0 Å². The molecule has 21 heavy (non-hydrogen) atoms. The van der Waals surface area contributed by atoms with Crippen molar-refractivity contribution in [3.8, 4) is 0 Å². The Labute approximate surface area is 139 Å². The minimum atomic E-state index is -3.67. The number of amides is 1. The third kappa shape index (κ3) is 4.81. The molecule has 1 heterocycles. The highest BCUT2D eigenvalue weighted by Crippen LogP contribution is 2.24. The van der Waals surface area contributed by atoms with Crippen LogP contribution in [0.4, 0.5) is 0 Å². The Kier molecular flexibility index (Phi) is 5.43. The van der Waals surface area contributed by atoms with Crippen LogP contribution in [0.1, 0.15) is 15.2 Å². The van der Waals surface area contributed by atoms with Crippen LogP contribution in [-0.4, -0.2) is 20.9 Å². The Balaban J connectivity index is 1.88. The highest BCUT2D eigenvalue weighted by Gasteiger charge is 2.13. The van der Waals surface area contributed by atoms with Gasteiger partial charge in [-0.1, -0.05) is 15.9 Å². The van der Waals surface area contributed by atoms with E-state index in [9.17, 15) is 13.2 Å². The molecule has 0 radical (unpaired) electrons. The van der Waals surface area contributed by atoms with Gasteiger partial charge in [-0.3, -0.25) is 4.79 Å². The molecular weight excluding hydrogens is 398 g/mol. The van der Waals surface area contributed by atoms with E-state index in [1.807, 2.05) is 0 Å². The number of hydrogen-bond donors (Lipinski definition) is 1. The van der Waals surface area contributed by atoms with Crippen LogP contribution < -0.4 is 5.32 Å². The van der Waals surface area contributed by atoms with Gasteiger partial charge in [-0.25, -0.2) is 8.42 Å². The number of carbonyl (C=O) groups excluding carboxylic acids is 1. The average Bonchev–Trinajstić information content (AvgIpc) is 2.88. The number of benzene rings is 1. The second-order valence-corrected chi connectivity index (χ2v) is 9.05. The maximum absolute atomic E-state index is 11.9. The lowest BCUT2D eigenvalue weighted by Gasteiger charge is -2.04. The average molecular weight is 409 g/mol. The predicted octanol–water partition coefficient (Wildman–Crippen LogP) is 3.41. The molecule has 1 N–H and O–H groups in total. The molecule has 2 rings (SSSR count). The molecule has 1 aromatic carbocycles. The van der Waals surface area contributed by atoms with Crippen molar-refractivity contribution in [2.75, 3.05) is 6.54 Å². The van der Waals surface area contributed by atoms with Gasteiger partial charge in [-0.05, 0) is 42.8 Å². The van der Waals surface area contributed by atoms with Crippen LogP contribution in [0, 0.1) is 0 Å². The molecule has 1 amide bonds. The SMILES string of the molecule is O=C(NCCc1ccc(S(=O)(=O)Cl)s1)c1ccc(Br)cc1. The molecule has 0 saturated carbocycles. The highest BCUT2D eigenvalue weighted by atomic mass is 79.9. The van der Waals surface area contributed by atoms with Crippen molar-refractivity contribution in [3.05, 3.63) is 51.3 Å². The minimum Gasteiger partial charge on any atom is -0.352 e. The van der Waals surface area contributed by atoms with Gasteiger partial charge in [0.2, 0.25) is 0 Å². The lowest BCUT2D eigenvalue weighted by molar-refractivity contribution is 0.0954. The lowest BCUT2D eigenvalue weighted by Crippen LogP contribution is -2.25. The van der Waals surface area contributed by atoms with Crippen LogP contribution in [0.15, 0.2) is 45.1 Å². The Bertz CT molecular complexity index is 741. The first-order valence-electron chi connectivity index (χ1n) is 5.93. The number of halogens is 2. The van der Waals surface area contributed by atoms with Crippen molar-refractivity contribution in [1.29, 1.82) is 0 Å². The van der Waals surface area contributed by atoms with E-state index in [2.05, 4.69) is 21.2 Å². The summed E-state index contributed by atoms with van der Waals surface area (Å²) >= 11 is 4.42. The van der Waals surface area contributed by atoms with Crippen LogP contribution >= 0.6 is 37.9 Å². The molecule has 1 aromatic heterocycles. The monoisotopic (exact) mass is 407 g/mol. The number of nitrogens with one attached hydrogen (secondary N) is 1. The molecule has 112 valence electrons. The van der Waals surface area contributed by atoms with Crippen LogP contribution in [0.5, 0.6) is 0 Å². The van der Waals surface area contributed by atoms with E-state index in [1.54, 1.807) is 30.3 Å². The Morgan fingerprint density at radius 2 is 1.86 bits per heavy atom. The van der Waals surface area contributed by atoms with E-state index in [0.717, 1.165) is 20.7 Å². The molecule has 0 aliphatic carbocycles. The zero-order valence-electron chi connectivity index (χ0n) is 10.7. The Morgan fingerprint density at radius 3 is 2.43 bits per heavy atom. The first-order valence-corrected chi connectivity index (χ1v) is 9.85. The van der Waals surface area contributed by atoms with Gasteiger partial charge in [0.15, 0.2) is 0 Å². The van der Waals surface area contributed by atoms with Gasteiger partial charge >= 0.3 is 0 Å². The second-order valence-electron chi connectivity index (χ2n) is 4.17. The fourth-order valence-electron chi connectivity index (χ4n) is 1.63. The van der Waals surface area contributed by atoms with Gasteiger partial charge in [0.05, 0.1) is 0 Å². The summed E-state index contributed by atoms with van der Waals surface area (Å²) in [5, 5.41) is 2.78. The zero-order valence-corrected chi connectivity index (χ0v) is 14.7. The highest BCUT2D eigenvalue weighted by molar-refractivity contribution is 9.10. The molecule has 0 fully saturated rings. The topological polar surface area (TPSA) is 63.2 Å². The van der Waals surface area contributed by atoms with Crippen LogP contribution in [0.3, 0.4) is 0 Å². The molecule has 0 aliphatic rings. The summed E-state index contributed by atoms with van der Waals surface area (Å²) in [4.78, 5) is 12.7. The van der Waals surface area contributed by atoms with E-state index in [4.69, 9.17) is 10.7 Å². The van der Waals surface area contributed by atoms with E-state index in [-0.39, 0.29) is 10.1 Å². The molecule has 4 nitrogen and oxygen atoms in total. The maximum Gasteiger partial charge on any atom is 0.270 e. The lowest BCUT2D eigenvalue weighted by atomic mass is 10.2. The van der Waals surface area contributed by atoms with Crippen molar-refractivity contribution in [1.82, 2.24) is 5.32 Å².